The fourth-order valence-corrected chi connectivity index (χ4v) is 4.16. The Morgan fingerprint density at radius 3 is 2.66 bits per heavy atom. The second-order valence-electron chi connectivity index (χ2n) is 7.86. The van der Waals surface area contributed by atoms with Crippen LogP contribution in [0.1, 0.15) is 42.1 Å². The number of nitrogens with zero attached hydrogens (tertiary/aromatic N) is 2. The van der Waals surface area contributed by atoms with Gasteiger partial charge in [0.05, 0.1) is 10.9 Å². The molecule has 1 aromatic carbocycles. The molecule has 0 radical (unpaired) electrons. The summed E-state index contributed by atoms with van der Waals surface area (Å²) in [6.45, 7) is -3.50. The van der Waals surface area contributed by atoms with Crippen molar-refractivity contribution in [1.82, 2.24) is 4.57 Å². The van der Waals surface area contributed by atoms with Crippen molar-refractivity contribution in [2.75, 3.05) is 24.5 Å². The van der Waals surface area contributed by atoms with Gasteiger partial charge < -0.3 is 25.0 Å². The molecule has 1 saturated heterocycles. The van der Waals surface area contributed by atoms with Crippen molar-refractivity contribution >= 4 is 22.6 Å². The van der Waals surface area contributed by atoms with Crippen LogP contribution in [0.3, 0.4) is 0 Å². The number of carboxylic acid groups (broad SMARTS) is 1. The molecule has 32 heavy (non-hydrogen) atoms. The molecule has 1 aromatic heterocycles. The predicted molar refractivity (Wildman–Crippen MR) is 109 cm³/mol. The third kappa shape index (κ3) is 3.92. The number of ether oxygens (including phenoxy) is 1. The SMILES string of the molecule is NC/C(F)=C1\CCCN(c2c(F)cc3c(=O)c(C(=O)O)cn(C4CC4)c3c2OC(F)F)C1. The molecule has 2 aromatic rings. The van der Waals surface area contributed by atoms with Crippen molar-refractivity contribution in [3.8, 4) is 5.75 Å². The third-order valence-electron chi connectivity index (χ3n) is 5.74. The molecule has 2 aliphatic rings. The summed E-state index contributed by atoms with van der Waals surface area (Å²) >= 11 is 0. The monoisotopic (exact) mass is 455 g/mol. The van der Waals surface area contributed by atoms with E-state index in [1.54, 1.807) is 0 Å². The van der Waals surface area contributed by atoms with Gasteiger partial charge in [-0.25, -0.2) is 13.6 Å². The maximum Gasteiger partial charge on any atom is 0.387 e. The molecule has 0 atom stereocenters. The molecule has 11 heteroatoms. The van der Waals surface area contributed by atoms with Crippen molar-refractivity contribution in [2.24, 2.45) is 5.73 Å². The summed E-state index contributed by atoms with van der Waals surface area (Å²) in [6, 6.07) is 0.606. The highest BCUT2D eigenvalue weighted by molar-refractivity contribution is 5.97. The lowest BCUT2D eigenvalue weighted by molar-refractivity contribution is -0.0488. The molecule has 0 unspecified atom stereocenters. The van der Waals surface area contributed by atoms with Crippen molar-refractivity contribution in [3.63, 3.8) is 0 Å². The average molecular weight is 455 g/mol. The number of hydrogen-bond acceptors (Lipinski definition) is 5. The highest BCUT2D eigenvalue weighted by Gasteiger charge is 2.33. The van der Waals surface area contributed by atoms with Crippen LogP contribution >= 0.6 is 0 Å². The number of anilines is 1. The molecular formula is C21H21F4N3O4. The van der Waals surface area contributed by atoms with E-state index in [2.05, 4.69) is 0 Å². The quantitative estimate of drug-likeness (QED) is 0.647. The predicted octanol–water partition coefficient (Wildman–Crippen LogP) is 3.56. The van der Waals surface area contributed by atoms with Crippen LogP contribution in [0.25, 0.3) is 10.9 Å². The molecule has 1 aliphatic carbocycles. The van der Waals surface area contributed by atoms with Crippen LogP contribution in [0.15, 0.2) is 28.5 Å². The minimum absolute atomic E-state index is 0.0775. The number of fused-ring (bicyclic) bond motifs is 1. The van der Waals surface area contributed by atoms with Crippen molar-refractivity contribution < 1.29 is 32.2 Å². The molecule has 7 nitrogen and oxygen atoms in total. The van der Waals surface area contributed by atoms with Gasteiger partial charge in [0.2, 0.25) is 5.43 Å². The Balaban J connectivity index is 2.01. The summed E-state index contributed by atoms with van der Waals surface area (Å²) in [5.74, 6) is -3.65. The summed E-state index contributed by atoms with van der Waals surface area (Å²) in [7, 11) is 0. The molecule has 0 amide bonds. The van der Waals surface area contributed by atoms with Gasteiger partial charge in [-0.2, -0.15) is 8.78 Å². The van der Waals surface area contributed by atoms with Crippen molar-refractivity contribution in [2.45, 2.75) is 38.3 Å². The van der Waals surface area contributed by atoms with Crippen molar-refractivity contribution in [3.05, 3.63) is 45.3 Å². The number of aromatic nitrogens is 1. The van der Waals surface area contributed by atoms with Crippen LogP contribution in [-0.2, 0) is 0 Å². The number of pyridine rings is 1. The number of nitrogens with two attached hydrogens (primary N) is 1. The first kappa shape index (κ1) is 22.1. The van der Waals surface area contributed by atoms with E-state index in [1.807, 2.05) is 0 Å². The number of carboxylic acids is 1. The summed E-state index contributed by atoms with van der Waals surface area (Å²) in [5.41, 5.74) is 3.69. The van der Waals surface area contributed by atoms with Gasteiger partial charge in [-0.3, -0.25) is 4.79 Å². The molecule has 1 saturated carbocycles. The van der Waals surface area contributed by atoms with Crippen LogP contribution in [0.5, 0.6) is 5.75 Å². The first-order chi connectivity index (χ1) is 15.2. The Bertz CT molecular complexity index is 1170. The van der Waals surface area contributed by atoms with Crippen LogP contribution in [0, 0.1) is 5.82 Å². The smallest absolute Gasteiger partial charge is 0.387 e. The zero-order chi connectivity index (χ0) is 23.2. The number of benzene rings is 1. The van der Waals surface area contributed by atoms with Gasteiger partial charge in [0, 0.05) is 31.9 Å². The number of rotatable bonds is 6. The summed E-state index contributed by atoms with van der Waals surface area (Å²) < 4.78 is 62.3. The van der Waals surface area contributed by atoms with Gasteiger partial charge in [0.25, 0.3) is 0 Å². The maximum atomic E-state index is 15.3. The first-order valence-corrected chi connectivity index (χ1v) is 10.1. The fourth-order valence-electron chi connectivity index (χ4n) is 4.16. The number of aromatic carboxylic acids is 1. The molecule has 2 fully saturated rings. The Morgan fingerprint density at radius 2 is 2.06 bits per heavy atom. The number of piperidine rings is 1. The largest absolute Gasteiger partial charge is 0.477 e. The lowest BCUT2D eigenvalue weighted by Gasteiger charge is -2.33. The van der Waals surface area contributed by atoms with Crippen molar-refractivity contribution in [1.29, 1.82) is 0 Å². The Hall–Kier alpha value is -3.08. The van der Waals surface area contributed by atoms with E-state index in [0.717, 1.165) is 12.3 Å². The maximum absolute atomic E-state index is 15.3. The minimum atomic E-state index is -3.33. The highest BCUT2D eigenvalue weighted by Crippen LogP contribution is 2.45. The zero-order valence-corrected chi connectivity index (χ0v) is 16.9. The second kappa shape index (κ2) is 8.45. The fraction of sp³-hybridized carbons (Fsp3) is 0.429. The number of carbonyl (C=O) groups is 1. The molecule has 2 heterocycles. The van der Waals surface area contributed by atoms with Gasteiger partial charge in [-0.15, -0.1) is 0 Å². The van der Waals surface area contributed by atoms with Gasteiger partial charge in [0.15, 0.2) is 11.6 Å². The van der Waals surface area contributed by atoms with Crippen LogP contribution in [0.2, 0.25) is 0 Å². The van der Waals surface area contributed by atoms with E-state index in [4.69, 9.17) is 10.5 Å². The standard InChI is InChI=1S/C21H21F4N3O4/c22-14-6-12-16(28(11-3-4-11)9-13(18(12)29)20(30)31)19(32-21(24)25)17(14)27-5-1-2-10(8-27)15(23)7-26/h6,9,11,21H,1-5,7-8,26H2,(H,30,31)/b15-10-. The van der Waals surface area contributed by atoms with Gasteiger partial charge in [0.1, 0.15) is 17.1 Å². The molecule has 0 bridgehead atoms. The molecule has 0 spiro atoms. The first-order valence-electron chi connectivity index (χ1n) is 10.1. The number of hydrogen-bond donors (Lipinski definition) is 2. The molecular weight excluding hydrogens is 434 g/mol. The Morgan fingerprint density at radius 1 is 1.34 bits per heavy atom. The van der Waals surface area contributed by atoms with E-state index in [9.17, 15) is 27.9 Å². The van der Waals surface area contributed by atoms with E-state index in [1.165, 1.54) is 9.47 Å². The van der Waals surface area contributed by atoms with E-state index >= 15 is 4.39 Å². The number of halogens is 4. The lowest BCUT2D eigenvalue weighted by atomic mass is 10.0. The molecule has 172 valence electrons. The lowest BCUT2D eigenvalue weighted by Crippen LogP contribution is -2.33. The van der Waals surface area contributed by atoms with Crippen LogP contribution < -0.4 is 20.8 Å². The number of alkyl halides is 2. The normalized spacial score (nSPS) is 18.4. The summed E-state index contributed by atoms with van der Waals surface area (Å²) in [4.78, 5) is 25.7. The second-order valence-corrected chi connectivity index (χ2v) is 7.86. The highest BCUT2D eigenvalue weighted by atomic mass is 19.3. The van der Waals surface area contributed by atoms with E-state index < -0.39 is 41.0 Å². The Labute approximate surface area is 179 Å². The zero-order valence-electron chi connectivity index (χ0n) is 16.9. The molecule has 4 rings (SSSR count). The van der Waals surface area contributed by atoms with Gasteiger partial charge in [-0.05, 0) is 37.3 Å². The summed E-state index contributed by atoms with van der Waals surface area (Å²) in [5, 5.41) is 9.02. The third-order valence-corrected chi connectivity index (χ3v) is 5.74. The molecule has 3 N–H and O–H groups in total. The van der Waals surface area contributed by atoms with Gasteiger partial charge >= 0.3 is 12.6 Å². The summed E-state index contributed by atoms with van der Waals surface area (Å²) in [6.07, 6.45) is 3.18. The van der Waals surface area contributed by atoms with Crippen LogP contribution in [0.4, 0.5) is 23.2 Å². The minimum Gasteiger partial charge on any atom is -0.477 e. The van der Waals surface area contributed by atoms with E-state index in [0.29, 0.717) is 31.3 Å². The van der Waals surface area contributed by atoms with Gasteiger partial charge in [-0.1, -0.05) is 0 Å². The average Bonchev–Trinajstić information content (AvgIpc) is 3.58. The van der Waals surface area contributed by atoms with Crippen LogP contribution in [-0.4, -0.2) is 41.9 Å². The van der Waals surface area contributed by atoms with E-state index in [-0.39, 0.29) is 42.3 Å². The topological polar surface area (TPSA) is 97.8 Å². The Kier molecular flexibility index (Phi) is 5.85. The molecule has 1 aliphatic heterocycles.